The summed E-state index contributed by atoms with van der Waals surface area (Å²) in [5.74, 6) is -0.367. The van der Waals surface area contributed by atoms with E-state index in [9.17, 15) is 13.9 Å². The number of aromatic nitrogens is 3. The third-order valence-corrected chi connectivity index (χ3v) is 6.45. The third kappa shape index (κ3) is 3.70. The first-order chi connectivity index (χ1) is 15.4. The van der Waals surface area contributed by atoms with E-state index in [4.69, 9.17) is 4.74 Å². The first-order valence-corrected chi connectivity index (χ1v) is 10.8. The Labute approximate surface area is 184 Å². The van der Waals surface area contributed by atoms with Crippen molar-refractivity contribution in [2.75, 3.05) is 30.0 Å². The second-order valence-corrected chi connectivity index (χ2v) is 8.66. The van der Waals surface area contributed by atoms with Crippen molar-refractivity contribution >= 4 is 22.4 Å². The van der Waals surface area contributed by atoms with Gasteiger partial charge in [0.2, 0.25) is 5.88 Å². The number of halogens is 2. The molecule has 7 nitrogen and oxygen atoms in total. The van der Waals surface area contributed by atoms with Crippen molar-refractivity contribution in [3.63, 3.8) is 0 Å². The number of aryl methyl sites for hydroxylation is 1. The SMILES string of the molecule is Cc1nnc(N[C@H](C)c2ccc(F)cc2F)c2cc(N3CC4CCOCC3C4)c(O)nc12. The van der Waals surface area contributed by atoms with Crippen LogP contribution in [0.5, 0.6) is 5.88 Å². The number of hydrogen-bond acceptors (Lipinski definition) is 7. The van der Waals surface area contributed by atoms with Crippen molar-refractivity contribution in [1.82, 2.24) is 15.2 Å². The van der Waals surface area contributed by atoms with Gasteiger partial charge in [-0.2, -0.15) is 5.10 Å². The van der Waals surface area contributed by atoms with Gasteiger partial charge >= 0.3 is 0 Å². The molecular formula is C23H25F2N5O2. The van der Waals surface area contributed by atoms with Crippen LogP contribution in [0.1, 0.15) is 37.1 Å². The molecule has 0 saturated carbocycles. The fourth-order valence-corrected chi connectivity index (χ4v) is 4.77. The van der Waals surface area contributed by atoms with Crippen LogP contribution in [-0.4, -0.2) is 46.1 Å². The molecule has 2 aliphatic heterocycles. The molecule has 5 rings (SSSR count). The lowest BCUT2D eigenvalue weighted by molar-refractivity contribution is 0.125. The van der Waals surface area contributed by atoms with Crippen LogP contribution >= 0.6 is 0 Å². The molecule has 3 aromatic rings. The maximum Gasteiger partial charge on any atom is 0.235 e. The predicted octanol–water partition coefficient (Wildman–Crippen LogP) is 4.11. The number of ether oxygens (including phenoxy) is 1. The molecule has 9 heteroatoms. The minimum absolute atomic E-state index is 0.0524. The van der Waals surface area contributed by atoms with Gasteiger partial charge in [-0.3, -0.25) is 0 Å². The summed E-state index contributed by atoms with van der Waals surface area (Å²) in [7, 11) is 0. The third-order valence-electron chi connectivity index (χ3n) is 6.45. The molecule has 1 aromatic carbocycles. The van der Waals surface area contributed by atoms with Crippen LogP contribution in [0.3, 0.4) is 0 Å². The summed E-state index contributed by atoms with van der Waals surface area (Å²) in [6.07, 6.45) is 2.03. The van der Waals surface area contributed by atoms with Gasteiger partial charge in [0.1, 0.15) is 22.8 Å². The highest BCUT2D eigenvalue weighted by Gasteiger charge is 2.36. The van der Waals surface area contributed by atoms with Crippen molar-refractivity contribution in [2.24, 2.45) is 5.92 Å². The molecule has 0 amide bonds. The average molecular weight is 441 g/mol. The maximum atomic E-state index is 14.3. The predicted molar refractivity (Wildman–Crippen MR) is 117 cm³/mol. The van der Waals surface area contributed by atoms with Gasteiger partial charge in [0.15, 0.2) is 5.82 Å². The number of aromatic hydroxyl groups is 1. The molecule has 2 saturated heterocycles. The Bertz CT molecular complexity index is 1170. The van der Waals surface area contributed by atoms with Gasteiger partial charge < -0.3 is 20.1 Å². The van der Waals surface area contributed by atoms with E-state index in [0.717, 1.165) is 32.1 Å². The number of rotatable bonds is 4. The summed E-state index contributed by atoms with van der Waals surface area (Å²) < 4.78 is 33.3. The fraction of sp³-hybridized carbons (Fsp3) is 0.435. The summed E-state index contributed by atoms with van der Waals surface area (Å²) in [5, 5.41) is 23.0. The Morgan fingerprint density at radius 1 is 1.25 bits per heavy atom. The lowest BCUT2D eigenvalue weighted by Gasteiger charge is -2.28. The summed E-state index contributed by atoms with van der Waals surface area (Å²) >= 11 is 0. The van der Waals surface area contributed by atoms with Gasteiger partial charge in [-0.25, -0.2) is 13.8 Å². The number of benzene rings is 1. The highest BCUT2D eigenvalue weighted by molar-refractivity contribution is 5.93. The molecule has 2 fully saturated rings. The van der Waals surface area contributed by atoms with Gasteiger partial charge in [0, 0.05) is 30.2 Å². The first kappa shape index (κ1) is 20.8. The van der Waals surface area contributed by atoms with E-state index >= 15 is 0 Å². The van der Waals surface area contributed by atoms with E-state index in [1.165, 1.54) is 12.1 Å². The van der Waals surface area contributed by atoms with Crippen molar-refractivity contribution in [3.05, 3.63) is 47.2 Å². The van der Waals surface area contributed by atoms with Gasteiger partial charge in [0.25, 0.3) is 0 Å². The van der Waals surface area contributed by atoms with Crippen molar-refractivity contribution in [1.29, 1.82) is 0 Å². The number of nitrogens with zero attached hydrogens (tertiary/aromatic N) is 4. The van der Waals surface area contributed by atoms with Gasteiger partial charge in [0.05, 0.1) is 24.4 Å². The van der Waals surface area contributed by atoms with E-state index in [1.807, 2.05) is 6.07 Å². The monoisotopic (exact) mass is 441 g/mol. The smallest absolute Gasteiger partial charge is 0.235 e. The number of fused-ring (bicyclic) bond motifs is 3. The van der Waals surface area contributed by atoms with Crippen LogP contribution < -0.4 is 10.2 Å². The van der Waals surface area contributed by atoms with E-state index in [2.05, 4.69) is 25.4 Å². The van der Waals surface area contributed by atoms with Crippen molar-refractivity contribution < 1.29 is 18.6 Å². The van der Waals surface area contributed by atoms with Crippen LogP contribution in [0.15, 0.2) is 24.3 Å². The van der Waals surface area contributed by atoms with E-state index in [0.29, 0.717) is 46.2 Å². The second kappa shape index (κ2) is 8.12. The van der Waals surface area contributed by atoms with Crippen LogP contribution in [0.4, 0.5) is 20.3 Å². The van der Waals surface area contributed by atoms with Gasteiger partial charge in [-0.15, -0.1) is 5.10 Å². The zero-order valence-electron chi connectivity index (χ0n) is 18.0. The van der Waals surface area contributed by atoms with Crippen LogP contribution in [-0.2, 0) is 4.74 Å². The molecule has 0 radical (unpaired) electrons. The summed E-state index contributed by atoms with van der Waals surface area (Å²) in [4.78, 5) is 6.60. The van der Waals surface area contributed by atoms with Crippen molar-refractivity contribution in [3.8, 4) is 5.88 Å². The average Bonchev–Trinajstić information content (AvgIpc) is 2.99. The highest BCUT2D eigenvalue weighted by Crippen LogP contribution is 2.40. The Morgan fingerprint density at radius 3 is 2.91 bits per heavy atom. The molecule has 4 heterocycles. The molecule has 2 unspecified atom stereocenters. The molecule has 2 bridgehead atoms. The Kier molecular flexibility index (Phi) is 5.28. The normalized spacial score (nSPS) is 21.6. The van der Waals surface area contributed by atoms with Gasteiger partial charge in [-0.05, 0) is 44.7 Å². The molecule has 0 spiro atoms. The van der Waals surface area contributed by atoms with Gasteiger partial charge in [-0.1, -0.05) is 6.07 Å². The lowest BCUT2D eigenvalue weighted by atomic mass is 10.0. The van der Waals surface area contributed by atoms with Crippen LogP contribution in [0, 0.1) is 24.5 Å². The number of nitrogens with one attached hydrogen (secondary N) is 1. The molecular weight excluding hydrogens is 416 g/mol. The zero-order chi connectivity index (χ0) is 22.4. The molecule has 168 valence electrons. The minimum Gasteiger partial charge on any atom is -0.492 e. The fourth-order valence-electron chi connectivity index (χ4n) is 4.77. The zero-order valence-corrected chi connectivity index (χ0v) is 18.0. The first-order valence-electron chi connectivity index (χ1n) is 10.8. The summed E-state index contributed by atoms with van der Waals surface area (Å²) in [6, 6.07) is 5.06. The molecule has 2 N–H and O–H groups in total. The Morgan fingerprint density at radius 2 is 2.09 bits per heavy atom. The molecule has 0 aliphatic carbocycles. The topological polar surface area (TPSA) is 83.4 Å². The lowest BCUT2D eigenvalue weighted by Crippen LogP contribution is -2.34. The molecule has 2 aromatic heterocycles. The van der Waals surface area contributed by atoms with Crippen LogP contribution in [0.25, 0.3) is 10.9 Å². The standard InChI is InChI=1S/C23H25F2N5O2/c1-12(17-4-3-15(24)8-19(17)25)26-22-18-9-20(23(31)27-21(18)13(2)28-29-22)30-10-14-5-6-32-11-16(30)7-14/h3-4,8-9,12,14,16H,5-7,10-11H2,1-2H3,(H,26,29)(H,27,31)/t12-,14?,16?/m1/s1. The van der Waals surface area contributed by atoms with E-state index < -0.39 is 17.7 Å². The molecule has 32 heavy (non-hydrogen) atoms. The number of pyridine rings is 1. The Balaban J connectivity index is 1.53. The number of hydrogen-bond donors (Lipinski definition) is 2. The van der Waals surface area contributed by atoms with E-state index in [1.54, 1.807) is 13.8 Å². The molecule has 3 atom stereocenters. The van der Waals surface area contributed by atoms with E-state index in [-0.39, 0.29) is 11.9 Å². The summed E-state index contributed by atoms with van der Waals surface area (Å²) in [6.45, 7) is 5.77. The quantitative estimate of drug-likeness (QED) is 0.631. The number of anilines is 2. The largest absolute Gasteiger partial charge is 0.492 e. The maximum absolute atomic E-state index is 14.3. The minimum atomic E-state index is -0.633. The molecule has 2 aliphatic rings. The van der Waals surface area contributed by atoms with Crippen molar-refractivity contribution in [2.45, 2.75) is 38.8 Å². The Hall–Kier alpha value is -3.07. The van der Waals surface area contributed by atoms with Crippen LogP contribution in [0.2, 0.25) is 0 Å². The summed E-state index contributed by atoms with van der Waals surface area (Å²) in [5.41, 5.74) is 2.04. The second-order valence-electron chi connectivity index (χ2n) is 8.66. The highest BCUT2D eigenvalue weighted by atomic mass is 19.1.